The molecule has 0 saturated carbocycles. The van der Waals surface area contributed by atoms with Crippen LogP contribution in [0.3, 0.4) is 0 Å². The van der Waals surface area contributed by atoms with Gasteiger partial charge in [0.25, 0.3) is 6.04 Å². The van der Waals surface area contributed by atoms with Gasteiger partial charge in [-0.25, -0.2) is 4.40 Å². The van der Waals surface area contributed by atoms with Crippen molar-refractivity contribution in [2.24, 2.45) is 4.40 Å². The largest absolute Gasteiger partial charge is 0.264 e. The molecule has 4 nitrogen and oxygen atoms in total. The molecule has 0 N–H and O–H groups in total. The topological polar surface area (TPSA) is 55.5 Å². The predicted molar refractivity (Wildman–Crippen MR) is 31.7 cm³/mol. The van der Waals surface area contributed by atoms with E-state index in [2.05, 4.69) is 4.40 Å². The van der Waals surface area contributed by atoms with Crippen LogP contribution in [0.5, 0.6) is 0 Å². The number of rotatable bonds is 1. The predicted octanol–water partition coefficient (Wildman–Crippen LogP) is 0.364. The van der Waals surface area contributed by atoms with E-state index in [-0.39, 0.29) is 4.92 Å². The van der Waals surface area contributed by atoms with Crippen LogP contribution in [-0.4, -0.2) is 22.9 Å². The van der Waals surface area contributed by atoms with Crippen molar-refractivity contribution in [1.29, 1.82) is 0 Å². The zero-order valence-electron chi connectivity index (χ0n) is 3.98. The summed E-state index contributed by atoms with van der Waals surface area (Å²) in [4.78, 5) is 9.57. The van der Waals surface area contributed by atoms with Gasteiger partial charge in [-0.1, -0.05) is 0 Å². The minimum atomic E-state index is -0.542. The summed E-state index contributed by atoms with van der Waals surface area (Å²) in [5.41, 5.74) is 0. The first kappa shape index (κ1) is 5.55. The highest BCUT2D eigenvalue weighted by Crippen LogP contribution is 2.11. The number of hydrogen-bond donors (Lipinski definition) is 0. The molecule has 0 spiro atoms. The van der Waals surface area contributed by atoms with Gasteiger partial charge in [-0.15, -0.1) is 0 Å². The van der Waals surface area contributed by atoms with Gasteiger partial charge in [-0.2, -0.15) is 0 Å². The monoisotopic (exact) mass is 132 g/mol. The molecule has 1 aliphatic rings. The van der Waals surface area contributed by atoms with Crippen LogP contribution in [0, 0.1) is 10.1 Å². The molecule has 1 heterocycles. The standard InChI is InChI=1S/C3H4N2O2S/c6-5(7)3-1-4-8-2-3/h1,3H,2H2. The van der Waals surface area contributed by atoms with Crippen LogP contribution < -0.4 is 0 Å². The molecular weight excluding hydrogens is 128 g/mol. The highest BCUT2D eigenvalue weighted by Gasteiger charge is 2.20. The molecule has 0 bridgehead atoms. The Morgan fingerprint density at radius 3 is 3.00 bits per heavy atom. The normalized spacial score (nSPS) is 26.2. The van der Waals surface area contributed by atoms with Crippen molar-refractivity contribution in [1.82, 2.24) is 0 Å². The second-order valence-corrected chi connectivity index (χ2v) is 2.21. The average Bonchev–Trinajstić information content (AvgIpc) is 2.12. The van der Waals surface area contributed by atoms with Gasteiger partial charge < -0.3 is 0 Å². The number of nitro groups is 1. The van der Waals surface area contributed by atoms with Crippen LogP contribution in [0.4, 0.5) is 0 Å². The van der Waals surface area contributed by atoms with Gasteiger partial charge in [0, 0.05) is 4.92 Å². The first-order valence-corrected chi connectivity index (χ1v) is 3.04. The first-order valence-electron chi connectivity index (χ1n) is 2.09. The van der Waals surface area contributed by atoms with Crippen molar-refractivity contribution in [2.45, 2.75) is 6.04 Å². The van der Waals surface area contributed by atoms with E-state index in [1.807, 2.05) is 0 Å². The molecule has 0 aromatic rings. The van der Waals surface area contributed by atoms with E-state index in [1.54, 1.807) is 0 Å². The van der Waals surface area contributed by atoms with E-state index in [9.17, 15) is 10.1 Å². The van der Waals surface area contributed by atoms with E-state index in [0.717, 1.165) is 0 Å². The lowest BCUT2D eigenvalue weighted by Gasteiger charge is -1.90. The fourth-order valence-corrected chi connectivity index (χ4v) is 1.06. The average molecular weight is 132 g/mol. The summed E-state index contributed by atoms with van der Waals surface area (Å²) in [7, 11) is 0. The van der Waals surface area contributed by atoms with Crippen molar-refractivity contribution >= 4 is 18.2 Å². The van der Waals surface area contributed by atoms with E-state index < -0.39 is 6.04 Å². The van der Waals surface area contributed by atoms with Crippen LogP contribution in [0.25, 0.3) is 0 Å². The van der Waals surface area contributed by atoms with Crippen molar-refractivity contribution < 1.29 is 4.92 Å². The van der Waals surface area contributed by atoms with Gasteiger partial charge >= 0.3 is 0 Å². The molecule has 1 aliphatic heterocycles. The van der Waals surface area contributed by atoms with Gasteiger partial charge in [0.2, 0.25) is 0 Å². The van der Waals surface area contributed by atoms with Gasteiger partial charge in [0.1, 0.15) is 0 Å². The lowest BCUT2D eigenvalue weighted by atomic mass is 10.4. The maximum Gasteiger partial charge on any atom is 0.259 e. The molecule has 0 saturated heterocycles. The minimum Gasteiger partial charge on any atom is -0.264 e. The molecule has 0 fully saturated rings. The zero-order chi connectivity index (χ0) is 5.98. The summed E-state index contributed by atoms with van der Waals surface area (Å²) in [6.45, 7) is 0. The third kappa shape index (κ3) is 0.975. The first-order chi connectivity index (χ1) is 3.80. The van der Waals surface area contributed by atoms with E-state index in [4.69, 9.17) is 0 Å². The highest BCUT2D eigenvalue weighted by atomic mass is 32.2. The maximum absolute atomic E-state index is 9.90. The molecule has 0 amide bonds. The Labute approximate surface area is 50.3 Å². The Morgan fingerprint density at radius 1 is 2.00 bits per heavy atom. The van der Waals surface area contributed by atoms with Gasteiger partial charge in [0.05, 0.1) is 12.0 Å². The molecule has 0 radical (unpaired) electrons. The SMILES string of the molecule is O=[N+]([O-])C1C=NSC1. The Balaban J connectivity index is 2.48. The summed E-state index contributed by atoms with van der Waals surface area (Å²) in [5.74, 6) is 0.493. The Morgan fingerprint density at radius 2 is 2.75 bits per heavy atom. The molecule has 1 rings (SSSR count). The summed E-state index contributed by atoms with van der Waals surface area (Å²) in [5, 5.41) is 9.90. The lowest BCUT2D eigenvalue weighted by molar-refractivity contribution is -0.495. The maximum atomic E-state index is 9.90. The van der Waals surface area contributed by atoms with Crippen LogP contribution in [0.15, 0.2) is 4.40 Å². The second-order valence-electron chi connectivity index (χ2n) is 1.40. The zero-order valence-corrected chi connectivity index (χ0v) is 4.80. The summed E-state index contributed by atoms with van der Waals surface area (Å²) in [6, 6.07) is -0.542. The summed E-state index contributed by atoms with van der Waals surface area (Å²) in [6.07, 6.45) is 1.37. The van der Waals surface area contributed by atoms with Gasteiger partial charge in [-0.05, 0) is 11.9 Å². The Bertz CT molecular complexity index is 135. The molecule has 5 heteroatoms. The number of hydrogen-bond acceptors (Lipinski definition) is 4. The fourth-order valence-electron chi connectivity index (χ4n) is 0.391. The molecule has 44 valence electrons. The molecule has 1 unspecified atom stereocenters. The summed E-state index contributed by atoms with van der Waals surface area (Å²) < 4.78 is 3.64. The van der Waals surface area contributed by atoms with Crippen molar-refractivity contribution in [2.75, 3.05) is 5.75 Å². The quantitative estimate of drug-likeness (QED) is 0.294. The third-order valence-electron chi connectivity index (χ3n) is 0.824. The van der Waals surface area contributed by atoms with E-state index >= 15 is 0 Å². The smallest absolute Gasteiger partial charge is 0.259 e. The highest BCUT2D eigenvalue weighted by molar-refractivity contribution is 7.98. The van der Waals surface area contributed by atoms with Crippen LogP contribution in [-0.2, 0) is 0 Å². The Hall–Kier alpha value is -0.580. The van der Waals surface area contributed by atoms with Crippen LogP contribution in [0.2, 0.25) is 0 Å². The van der Waals surface area contributed by atoms with Gasteiger partial charge in [-0.3, -0.25) is 10.1 Å². The molecule has 1 atom stereocenters. The molecule has 0 aromatic heterocycles. The van der Waals surface area contributed by atoms with Crippen molar-refractivity contribution in [3.63, 3.8) is 0 Å². The van der Waals surface area contributed by atoms with Gasteiger partial charge in [0.15, 0.2) is 0 Å². The molecule has 8 heavy (non-hydrogen) atoms. The summed E-state index contributed by atoms with van der Waals surface area (Å²) >= 11 is 1.24. The molecule has 0 aliphatic carbocycles. The second kappa shape index (κ2) is 2.13. The van der Waals surface area contributed by atoms with Crippen molar-refractivity contribution in [3.8, 4) is 0 Å². The van der Waals surface area contributed by atoms with E-state index in [0.29, 0.717) is 5.75 Å². The fraction of sp³-hybridized carbons (Fsp3) is 0.667. The van der Waals surface area contributed by atoms with Crippen LogP contribution >= 0.6 is 11.9 Å². The van der Waals surface area contributed by atoms with E-state index in [1.165, 1.54) is 18.2 Å². The molecular formula is C3H4N2O2S. The number of nitrogens with zero attached hydrogens (tertiary/aromatic N) is 2. The van der Waals surface area contributed by atoms with Crippen molar-refractivity contribution in [3.05, 3.63) is 10.1 Å². The minimum absolute atomic E-state index is 0.330. The molecule has 0 aromatic carbocycles. The third-order valence-corrected chi connectivity index (χ3v) is 1.58. The Kier molecular flexibility index (Phi) is 1.48. The van der Waals surface area contributed by atoms with Crippen LogP contribution in [0.1, 0.15) is 0 Å². The lowest BCUT2D eigenvalue weighted by Crippen LogP contribution is -2.19.